The molecule has 2 aromatic rings. The fourth-order valence-electron chi connectivity index (χ4n) is 1.66. The number of hydrogen-bond donors (Lipinski definition) is 2. The lowest BCUT2D eigenvalue weighted by Crippen LogP contribution is -2.41. The summed E-state index contributed by atoms with van der Waals surface area (Å²) in [5.74, 6) is -0.185. The van der Waals surface area contributed by atoms with Crippen molar-refractivity contribution in [1.29, 1.82) is 0 Å². The highest BCUT2D eigenvalue weighted by molar-refractivity contribution is 9.10. The van der Waals surface area contributed by atoms with Crippen LogP contribution in [0.25, 0.3) is 0 Å². The summed E-state index contributed by atoms with van der Waals surface area (Å²) in [4.78, 5) is 27.7. The number of carbonyl (C=O) groups is 2. The van der Waals surface area contributed by atoms with E-state index in [1.807, 2.05) is 6.92 Å². The number of benzene rings is 1. The van der Waals surface area contributed by atoms with Gasteiger partial charge in [-0.2, -0.15) is 0 Å². The van der Waals surface area contributed by atoms with Gasteiger partial charge < -0.3 is 4.74 Å². The molecule has 1 heterocycles. The van der Waals surface area contributed by atoms with Crippen LogP contribution < -0.4 is 15.6 Å². The van der Waals surface area contributed by atoms with Crippen LogP contribution in [0.3, 0.4) is 0 Å². The van der Waals surface area contributed by atoms with Crippen molar-refractivity contribution in [2.75, 3.05) is 6.61 Å². The van der Waals surface area contributed by atoms with E-state index in [9.17, 15) is 9.59 Å². The highest BCUT2D eigenvalue weighted by Crippen LogP contribution is 2.12. The zero-order valence-electron chi connectivity index (χ0n) is 11.8. The van der Waals surface area contributed by atoms with Crippen LogP contribution in [-0.2, 0) is 0 Å². The van der Waals surface area contributed by atoms with Crippen molar-refractivity contribution < 1.29 is 14.3 Å². The van der Waals surface area contributed by atoms with Gasteiger partial charge in [-0.3, -0.25) is 25.4 Å². The van der Waals surface area contributed by atoms with Gasteiger partial charge in [0.15, 0.2) is 0 Å². The van der Waals surface area contributed by atoms with Crippen molar-refractivity contribution in [1.82, 2.24) is 15.8 Å². The monoisotopic (exact) mass is 363 g/mol. The SMILES string of the molecule is CCOc1ccc(C(=O)NNC(=O)c2cncc(Br)c2)cc1. The predicted octanol–water partition coefficient (Wildman–Crippen LogP) is 2.32. The standard InChI is InChI=1S/C15H14BrN3O3/c1-2-22-13-5-3-10(4-6-13)14(20)18-19-15(21)11-7-12(16)9-17-8-11/h3-9H,2H2,1H3,(H,18,20)(H,19,21). The van der Waals surface area contributed by atoms with Crippen molar-refractivity contribution in [3.63, 3.8) is 0 Å². The summed E-state index contributed by atoms with van der Waals surface area (Å²) in [6.45, 7) is 2.44. The zero-order chi connectivity index (χ0) is 15.9. The van der Waals surface area contributed by atoms with Gasteiger partial charge in [-0.1, -0.05) is 0 Å². The summed E-state index contributed by atoms with van der Waals surface area (Å²) < 4.78 is 5.97. The molecule has 2 N–H and O–H groups in total. The Kier molecular flexibility index (Phi) is 5.48. The van der Waals surface area contributed by atoms with E-state index in [-0.39, 0.29) is 0 Å². The number of amides is 2. The van der Waals surface area contributed by atoms with Crippen LogP contribution in [0.2, 0.25) is 0 Å². The molecule has 0 saturated carbocycles. The quantitative estimate of drug-likeness (QED) is 0.816. The van der Waals surface area contributed by atoms with E-state index in [1.54, 1.807) is 36.5 Å². The van der Waals surface area contributed by atoms with Gasteiger partial charge in [-0.15, -0.1) is 0 Å². The minimum Gasteiger partial charge on any atom is -0.494 e. The van der Waals surface area contributed by atoms with E-state index in [2.05, 4.69) is 31.8 Å². The second kappa shape index (κ2) is 7.56. The van der Waals surface area contributed by atoms with Crippen LogP contribution in [0, 0.1) is 0 Å². The van der Waals surface area contributed by atoms with Gasteiger partial charge in [0, 0.05) is 22.4 Å². The van der Waals surface area contributed by atoms with Crippen molar-refractivity contribution in [2.24, 2.45) is 0 Å². The number of carbonyl (C=O) groups excluding carboxylic acids is 2. The van der Waals surface area contributed by atoms with Gasteiger partial charge in [-0.05, 0) is 53.2 Å². The third-order valence-corrected chi connectivity index (χ3v) is 3.12. The second-order valence-electron chi connectivity index (χ2n) is 4.26. The average molecular weight is 364 g/mol. The Morgan fingerprint density at radius 2 is 1.73 bits per heavy atom. The van der Waals surface area contributed by atoms with Crippen LogP contribution in [-0.4, -0.2) is 23.4 Å². The van der Waals surface area contributed by atoms with Gasteiger partial charge in [0.2, 0.25) is 0 Å². The fourth-order valence-corrected chi connectivity index (χ4v) is 2.03. The average Bonchev–Trinajstić information content (AvgIpc) is 2.53. The molecule has 0 saturated heterocycles. The molecule has 0 aliphatic carbocycles. The molecular formula is C15H14BrN3O3. The highest BCUT2D eigenvalue weighted by atomic mass is 79.9. The smallest absolute Gasteiger partial charge is 0.271 e. The van der Waals surface area contributed by atoms with Crippen LogP contribution in [0.4, 0.5) is 0 Å². The van der Waals surface area contributed by atoms with Crippen molar-refractivity contribution in [3.05, 3.63) is 58.3 Å². The van der Waals surface area contributed by atoms with Crippen molar-refractivity contribution >= 4 is 27.7 Å². The molecule has 7 heteroatoms. The number of rotatable bonds is 4. The molecule has 2 amide bonds. The van der Waals surface area contributed by atoms with Crippen LogP contribution in [0.1, 0.15) is 27.6 Å². The summed E-state index contributed by atoms with van der Waals surface area (Å²) in [5.41, 5.74) is 5.43. The number of nitrogens with one attached hydrogen (secondary N) is 2. The number of pyridine rings is 1. The summed E-state index contributed by atoms with van der Waals surface area (Å²) in [5, 5.41) is 0. The molecule has 0 atom stereocenters. The van der Waals surface area contributed by atoms with E-state index in [0.29, 0.717) is 28.0 Å². The Hall–Kier alpha value is -2.41. The molecule has 0 radical (unpaired) electrons. The molecule has 0 spiro atoms. The molecular weight excluding hydrogens is 350 g/mol. The van der Waals surface area contributed by atoms with Gasteiger partial charge in [0.25, 0.3) is 11.8 Å². The molecule has 1 aromatic heterocycles. The lowest BCUT2D eigenvalue weighted by molar-refractivity contribution is 0.0846. The lowest BCUT2D eigenvalue weighted by atomic mass is 10.2. The minimum absolute atomic E-state index is 0.335. The number of nitrogens with zero attached hydrogens (tertiary/aromatic N) is 1. The topological polar surface area (TPSA) is 80.3 Å². The van der Waals surface area contributed by atoms with Crippen LogP contribution in [0.5, 0.6) is 5.75 Å². The van der Waals surface area contributed by atoms with Gasteiger partial charge in [0.05, 0.1) is 12.2 Å². The number of hydrazine groups is 1. The van der Waals surface area contributed by atoms with E-state index >= 15 is 0 Å². The third kappa shape index (κ3) is 4.29. The first-order valence-corrected chi connectivity index (χ1v) is 7.33. The summed E-state index contributed by atoms with van der Waals surface area (Å²) >= 11 is 3.22. The Labute approximate surface area is 136 Å². The number of aromatic nitrogens is 1. The molecule has 2 rings (SSSR count). The highest BCUT2D eigenvalue weighted by Gasteiger charge is 2.09. The summed E-state index contributed by atoms with van der Waals surface area (Å²) in [6.07, 6.45) is 2.97. The van der Waals surface area contributed by atoms with Crippen LogP contribution >= 0.6 is 15.9 Å². The maximum absolute atomic E-state index is 11.9. The van der Waals surface area contributed by atoms with E-state index in [0.717, 1.165) is 0 Å². The third-order valence-electron chi connectivity index (χ3n) is 2.68. The number of ether oxygens (including phenoxy) is 1. The molecule has 1 aromatic carbocycles. The first-order chi connectivity index (χ1) is 10.6. The molecule has 0 unspecified atom stereocenters. The first-order valence-electron chi connectivity index (χ1n) is 6.54. The normalized spacial score (nSPS) is 9.91. The van der Waals surface area contributed by atoms with E-state index in [4.69, 9.17) is 4.74 Å². The van der Waals surface area contributed by atoms with E-state index in [1.165, 1.54) is 6.20 Å². The summed E-state index contributed by atoms with van der Waals surface area (Å²) in [6, 6.07) is 8.22. The second-order valence-corrected chi connectivity index (χ2v) is 5.17. The lowest BCUT2D eigenvalue weighted by Gasteiger charge is -2.08. The van der Waals surface area contributed by atoms with E-state index < -0.39 is 11.8 Å². The molecule has 0 aliphatic rings. The Morgan fingerprint density at radius 3 is 2.32 bits per heavy atom. The fraction of sp³-hybridized carbons (Fsp3) is 0.133. The van der Waals surface area contributed by atoms with Crippen molar-refractivity contribution in [3.8, 4) is 5.75 Å². The molecule has 0 aliphatic heterocycles. The van der Waals surface area contributed by atoms with Gasteiger partial charge in [-0.25, -0.2) is 0 Å². The number of hydrogen-bond acceptors (Lipinski definition) is 4. The molecule has 114 valence electrons. The first kappa shape index (κ1) is 16.0. The minimum atomic E-state index is -0.451. The summed E-state index contributed by atoms with van der Waals surface area (Å²) in [7, 11) is 0. The predicted molar refractivity (Wildman–Crippen MR) is 84.5 cm³/mol. The maximum atomic E-state index is 11.9. The molecule has 6 nitrogen and oxygen atoms in total. The van der Waals surface area contributed by atoms with Crippen molar-refractivity contribution in [2.45, 2.75) is 6.92 Å². The molecule has 0 fully saturated rings. The zero-order valence-corrected chi connectivity index (χ0v) is 13.4. The maximum Gasteiger partial charge on any atom is 0.271 e. The Bertz CT molecular complexity index is 674. The Balaban J connectivity index is 1.93. The largest absolute Gasteiger partial charge is 0.494 e. The van der Waals surface area contributed by atoms with Gasteiger partial charge in [0.1, 0.15) is 5.75 Å². The Morgan fingerprint density at radius 1 is 1.09 bits per heavy atom. The van der Waals surface area contributed by atoms with Gasteiger partial charge >= 0.3 is 0 Å². The van der Waals surface area contributed by atoms with Crippen LogP contribution in [0.15, 0.2) is 47.2 Å². The number of halogens is 1. The molecule has 0 bridgehead atoms. The molecule has 22 heavy (non-hydrogen) atoms.